The Bertz CT molecular complexity index is 863. The van der Waals surface area contributed by atoms with Gasteiger partial charge in [0.25, 0.3) is 0 Å². The van der Waals surface area contributed by atoms with E-state index in [-0.39, 0.29) is 17.3 Å². The van der Waals surface area contributed by atoms with Gasteiger partial charge in [0, 0.05) is 5.41 Å². The molecule has 2 saturated carbocycles. The van der Waals surface area contributed by atoms with Crippen LogP contribution in [0, 0.1) is 16.7 Å². The summed E-state index contributed by atoms with van der Waals surface area (Å²) in [5.41, 5.74) is 2.07. The number of carbonyl (C=O) groups is 1. The summed E-state index contributed by atoms with van der Waals surface area (Å²) in [6.45, 7) is 6.23. The van der Waals surface area contributed by atoms with Crippen molar-refractivity contribution in [2.75, 3.05) is 5.75 Å². The Labute approximate surface area is 162 Å². The van der Waals surface area contributed by atoms with Crippen molar-refractivity contribution in [2.45, 2.75) is 57.5 Å². The molecule has 146 valence electrons. The normalized spacial score (nSPS) is 28.4. The molecule has 1 aromatic rings. The van der Waals surface area contributed by atoms with Gasteiger partial charge in [-0.3, -0.25) is 0 Å². The fraction of sp³-hybridized carbons (Fsp3) is 0.545. The van der Waals surface area contributed by atoms with Gasteiger partial charge in [0.15, 0.2) is 9.84 Å². The van der Waals surface area contributed by atoms with Crippen molar-refractivity contribution in [2.24, 2.45) is 16.7 Å². The van der Waals surface area contributed by atoms with Gasteiger partial charge < -0.3 is 4.74 Å². The average Bonchev–Trinajstić information content (AvgIpc) is 2.97. The van der Waals surface area contributed by atoms with Crippen LogP contribution < -0.4 is 0 Å². The Morgan fingerprint density at radius 2 is 2.00 bits per heavy atom. The summed E-state index contributed by atoms with van der Waals surface area (Å²) < 4.78 is 32.0. The van der Waals surface area contributed by atoms with E-state index in [4.69, 9.17) is 4.74 Å². The lowest BCUT2D eigenvalue weighted by Gasteiger charge is -2.41. The molecule has 0 saturated heterocycles. The van der Waals surface area contributed by atoms with Gasteiger partial charge in [0.05, 0.1) is 16.7 Å². The van der Waals surface area contributed by atoms with E-state index in [0.717, 1.165) is 25.7 Å². The predicted octanol–water partition coefficient (Wildman–Crippen LogP) is 4.32. The Kier molecular flexibility index (Phi) is 5.38. The summed E-state index contributed by atoms with van der Waals surface area (Å²) in [6.07, 6.45) is 5.97. The summed E-state index contributed by atoms with van der Waals surface area (Å²) in [4.78, 5) is 12.6. The lowest BCUT2D eigenvalue weighted by atomic mass is 9.69. The molecule has 0 aliphatic heterocycles. The maximum atomic E-state index is 13.1. The van der Waals surface area contributed by atoms with Crippen LogP contribution in [0.15, 0.2) is 53.1 Å². The van der Waals surface area contributed by atoms with Crippen molar-refractivity contribution in [3.63, 3.8) is 0 Å². The average molecular weight is 389 g/mol. The molecule has 27 heavy (non-hydrogen) atoms. The predicted molar refractivity (Wildman–Crippen MR) is 105 cm³/mol. The monoisotopic (exact) mass is 388 g/mol. The summed E-state index contributed by atoms with van der Waals surface area (Å²) in [5.74, 6) is -0.0547. The standard InChI is InChI=1S/C22H28O4S/c1-4-5-7-12-20(23)26-19-15-17-13-14-22(19,21(17,2)3)16-27(24,25)18-10-8-6-9-11-18/h5-6,8-12,17,19H,4,13-16H2,1-3H3/t7?,17-,19-,22+/m1/s1. The molecule has 2 aliphatic carbocycles. The van der Waals surface area contributed by atoms with Crippen LogP contribution in [0.4, 0.5) is 0 Å². The largest absolute Gasteiger partial charge is 0.458 e. The first-order valence-corrected chi connectivity index (χ1v) is 11.3. The van der Waals surface area contributed by atoms with Crippen molar-refractivity contribution in [3.8, 4) is 0 Å². The van der Waals surface area contributed by atoms with E-state index in [0.29, 0.717) is 10.8 Å². The molecule has 0 unspecified atom stereocenters. The molecular weight excluding hydrogens is 360 g/mol. The Morgan fingerprint density at radius 3 is 2.63 bits per heavy atom. The van der Waals surface area contributed by atoms with Gasteiger partial charge in [-0.1, -0.05) is 39.0 Å². The number of hydrogen-bond donors (Lipinski definition) is 0. The van der Waals surface area contributed by atoms with Crippen LogP contribution in [-0.4, -0.2) is 26.2 Å². The van der Waals surface area contributed by atoms with Crippen LogP contribution in [0.1, 0.15) is 46.5 Å². The first-order chi connectivity index (χ1) is 12.7. The zero-order valence-electron chi connectivity index (χ0n) is 16.3. The van der Waals surface area contributed by atoms with Crippen molar-refractivity contribution >= 4 is 15.8 Å². The molecule has 4 nitrogen and oxygen atoms in total. The van der Waals surface area contributed by atoms with Gasteiger partial charge in [-0.25, -0.2) is 13.2 Å². The summed E-state index contributed by atoms with van der Waals surface area (Å²) in [6, 6.07) is 8.57. The van der Waals surface area contributed by atoms with Crippen molar-refractivity contribution in [1.29, 1.82) is 0 Å². The molecule has 2 aliphatic rings. The van der Waals surface area contributed by atoms with Crippen LogP contribution in [0.2, 0.25) is 0 Å². The van der Waals surface area contributed by atoms with E-state index in [1.54, 1.807) is 30.3 Å². The molecule has 0 radical (unpaired) electrons. The first kappa shape index (κ1) is 19.9. The minimum Gasteiger partial charge on any atom is -0.458 e. The topological polar surface area (TPSA) is 60.4 Å². The Morgan fingerprint density at radius 1 is 1.30 bits per heavy atom. The van der Waals surface area contributed by atoms with Crippen LogP contribution in [0.3, 0.4) is 0 Å². The minimum atomic E-state index is -3.47. The smallest absolute Gasteiger partial charge is 0.338 e. The van der Waals surface area contributed by atoms with E-state index in [2.05, 4.69) is 19.6 Å². The van der Waals surface area contributed by atoms with E-state index in [1.807, 2.05) is 13.0 Å². The molecule has 0 aromatic heterocycles. The van der Waals surface area contributed by atoms with Crippen LogP contribution >= 0.6 is 0 Å². The molecule has 2 fully saturated rings. The highest BCUT2D eigenvalue weighted by Crippen LogP contribution is 2.67. The van der Waals surface area contributed by atoms with Crippen molar-refractivity contribution < 1.29 is 17.9 Å². The Hall–Kier alpha value is -1.84. The molecule has 3 atom stereocenters. The third-order valence-corrected chi connectivity index (χ3v) is 8.57. The number of sulfone groups is 1. The third kappa shape index (κ3) is 3.51. The Balaban J connectivity index is 1.90. The maximum Gasteiger partial charge on any atom is 0.338 e. The molecule has 2 bridgehead atoms. The van der Waals surface area contributed by atoms with Crippen LogP contribution in [0.5, 0.6) is 0 Å². The second-order valence-electron chi connectivity index (χ2n) is 8.27. The molecule has 1 aromatic carbocycles. The second kappa shape index (κ2) is 7.29. The zero-order valence-corrected chi connectivity index (χ0v) is 17.1. The number of esters is 1. The third-order valence-electron chi connectivity index (χ3n) is 6.69. The summed E-state index contributed by atoms with van der Waals surface area (Å²) >= 11 is 0. The lowest BCUT2D eigenvalue weighted by Crippen LogP contribution is -2.46. The fourth-order valence-corrected chi connectivity index (χ4v) is 7.09. The fourth-order valence-electron chi connectivity index (χ4n) is 4.98. The number of fused-ring (bicyclic) bond motifs is 2. The van der Waals surface area contributed by atoms with Gasteiger partial charge in [-0.2, -0.15) is 0 Å². The van der Waals surface area contributed by atoms with E-state index in [1.165, 1.54) is 6.08 Å². The summed E-state index contributed by atoms with van der Waals surface area (Å²) in [5, 5.41) is 0. The number of ether oxygens (including phenoxy) is 1. The van der Waals surface area contributed by atoms with E-state index >= 15 is 0 Å². The summed E-state index contributed by atoms with van der Waals surface area (Å²) in [7, 11) is -3.47. The molecule has 0 amide bonds. The number of carbonyl (C=O) groups excluding carboxylic acids is 1. The number of rotatable bonds is 6. The van der Waals surface area contributed by atoms with E-state index in [9.17, 15) is 13.2 Å². The quantitative estimate of drug-likeness (QED) is 0.414. The number of hydrogen-bond acceptors (Lipinski definition) is 4. The van der Waals surface area contributed by atoms with Gasteiger partial charge in [-0.15, -0.1) is 5.73 Å². The van der Waals surface area contributed by atoms with Crippen molar-refractivity contribution in [1.82, 2.24) is 0 Å². The van der Waals surface area contributed by atoms with Crippen LogP contribution in [0.25, 0.3) is 0 Å². The van der Waals surface area contributed by atoms with Gasteiger partial charge in [0.2, 0.25) is 0 Å². The highest BCUT2D eigenvalue weighted by Gasteiger charge is 2.66. The van der Waals surface area contributed by atoms with E-state index < -0.39 is 21.2 Å². The first-order valence-electron chi connectivity index (χ1n) is 9.62. The zero-order chi connectivity index (χ0) is 19.7. The molecular formula is C22H28O4S. The molecule has 0 heterocycles. The molecule has 5 heteroatoms. The molecule has 0 N–H and O–H groups in total. The van der Waals surface area contributed by atoms with Gasteiger partial charge >= 0.3 is 5.97 Å². The molecule has 0 spiro atoms. The molecule has 3 rings (SSSR count). The lowest BCUT2D eigenvalue weighted by molar-refractivity contribution is -0.150. The number of benzene rings is 1. The highest BCUT2D eigenvalue weighted by molar-refractivity contribution is 7.91. The highest BCUT2D eigenvalue weighted by atomic mass is 32.2. The van der Waals surface area contributed by atoms with Gasteiger partial charge in [-0.05, 0) is 55.2 Å². The minimum absolute atomic E-state index is 0.0139. The maximum absolute atomic E-state index is 13.1. The van der Waals surface area contributed by atoms with Crippen molar-refractivity contribution in [3.05, 3.63) is 48.2 Å². The van der Waals surface area contributed by atoms with Crippen LogP contribution in [-0.2, 0) is 19.4 Å². The second-order valence-corrected chi connectivity index (χ2v) is 10.3. The van der Waals surface area contributed by atoms with Gasteiger partial charge in [0.1, 0.15) is 6.10 Å². The SMILES string of the molecule is CCC=C=CC(=O)O[C@@H]1C[C@H]2CC[C@@]1(CS(=O)(=O)c1ccccc1)C2(C)C.